The van der Waals surface area contributed by atoms with Gasteiger partial charge in [0.1, 0.15) is 14.6 Å². The van der Waals surface area contributed by atoms with Crippen LogP contribution in [0, 0.1) is 12.3 Å². The molecule has 0 aliphatic heterocycles. The van der Waals surface area contributed by atoms with Crippen LogP contribution < -0.4 is 10.6 Å². The van der Waals surface area contributed by atoms with Crippen LogP contribution in [0.1, 0.15) is 43.7 Å². The number of hydrogen-bond acceptors (Lipinski definition) is 9. The van der Waals surface area contributed by atoms with Crippen molar-refractivity contribution in [3.63, 3.8) is 0 Å². The van der Waals surface area contributed by atoms with E-state index < -0.39 is 21.7 Å². The number of nitrogens with zero attached hydrogens (tertiary/aromatic N) is 6. The van der Waals surface area contributed by atoms with Gasteiger partial charge in [-0.15, -0.1) is 10.2 Å². The van der Waals surface area contributed by atoms with Gasteiger partial charge in [0.2, 0.25) is 11.9 Å². The molecule has 1 amide bonds. The minimum atomic E-state index is -1.97. The molecule has 1 fully saturated rings. The average Bonchev–Trinajstić information content (AvgIpc) is 3.60. The minimum absolute atomic E-state index is 0.0486. The van der Waals surface area contributed by atoms with E-state index in [1.807, 2.05) is 32.0 Å². The van der Waals surface area contributed by atoms with Crippen molar-refractivity contribution in [1.82, 2.24) is 35.3 Å². The predicted octanol–water partition coefficient (Wildman–Crippen LogP) is 4.27. The summed E-state index contributed by atoms with van der Waals surface area (Å²) >= 11 is 3.03. The van der Waals surface area contributed by atoms with Crippen LogP contribution in [-0.4, -0.2) is 63.0 Å². The smallest absolute Gasteiger partial charge is 0.225 e. The van der Waals surface area contributed by atoms with E-state index in [0.717, 1.165) is 45.1 Å². The Morgan fingerprint density at radius 3 is 2.87 bits per heavy atom. The van der Waals surface area contributed by atoms with Crippen LogP contribution in [0.5, 0.6) is 0 Å². The normalized spacial score (nSPS) is 20.7. The first-order valence-electron chi connectivity index (χ1n) is 12.5. The molecular weight excluding hydrogens is 604 g/mol. The minimum Gasteiger partial charge on any atom is -0.359 e. The van der Waals surface area contributed by atoms with E-state index in [1.54, 1.807) is 24.9 Å². The summed E-state index contributed by atoms with van der Waals surface area (Å²) in [5.41, 5.74) is 2.68. The van der Waals surface area contributed by atoms with Gasteiger partial charge in [-0.05, 0) is 79.2 Å². The second-order valence-electron chi connectivity index (χ2n) is 10.1. The van der Waals surface area contributed by atoms with E-state index in [1.165, 1.54) is 11.3 Å². The lowest BCUT2D eigenvalue weighted by atomic mass is 9.87. The molecule has 0 saturated heterocycles. The maximum absolute atomic E-state index is 12.3. The number of anilines is 1. The molecule has 1 aliphatic carbocycles. The third kappa shape index (κ3) is 5.60. The van der Waals surface area contributed by atoms with E-state index in [0.29, 0.717) is 29.0 Å². The summed E-state index contributed by atoms with van der Waals surface area (Å²) in [4.78, 5) is 21.6. The fourth-order valence-corrected chi connectivity index (χ4v) is 6.56. The monoisotopic (exact) mass is 632 g/mol. The van der Waals surface area contributed by atoms with Crippen molar-refractivity contribution in [2.45, 2.75) is 57.7 Å². The van der Waals surface area contributed by atoms with E-state index in [4.69, 9.17) is 4.98 Å². The molecule has 0 radical (unpaired) electrons. The third-order valence-corrected chi connectivity index (χ3v) is 9.48. The van der Waals surface area contributed by atoms with E-state index in [9.17, 15) is 13.6 Å². The molecule has 39 heavy (non-hydrogen) atoms. The molecule has 1 aromatic carbocycles. The molecule has 3 N–H and O–H groups in total. The highest BCUT2D eigenvalue weighted by atomic mass is 79.9. The SMILES string of the molecule is CNC(=O)[C@]1(C)CC[C@@H](Nc2ncc3c(Br)nn(-c4ccc(-c5nnc(C)s5)c(CC(C)S(=O)O)c4)c3n2)C1. The highest BCUT2D eigenvalue weighted by molar-refractivity contribution is 9.10. The number of aromatic nitrogens is 6. The molecule has 1 saturated carbocycles. The standard InChI is InChI=1S/C25H29BrN8O3S2/c1-13(39(36)37)9-15-10-17(5-6-18(15)22-32-31-14(2)38-22)34-21-19(20(26)33-34)12-28-24(30-21)29-16-7-8-25(3,11-16)23(35)27-4/h5-6,10,12-13,16H,7-9,11H2,1-4H3,(H,27,35)(H,36,37)(H,28,29,30)/t13?,16-,25-/m1/s1. The number of rotatable bonds is 8. The van der Waals surface area contributed by atoms with Crippen molar-refractivity contribution in [1.29, 1.82) is 0 Å². The van der Waals surface area contributed by atoms with Gasteiger partial charge in [0.05, 0.1) is 16.3 Å². The number of carbonyl (C=O) groups excluding carboxylic acids is 1. The molecule has 11 nitrogen and oxygen atoms in total. The van der Waals surface area contributed by atoms with Crippen LogP contribution in [0.2, 0.25) is 0 Å². The van der Waals surface area contributed by atoms with Gasteiger partial charge in [-0.3, -0.25) is 4.79 Å². The Morgan fingerprint density at radius 1 is 1.38 bits per heavy atom. The number of nitrogens with one attached hydrogen (secondary N) is 2. The summed E-state index contributed by atoms with van der Waals surface area (Å²) in [6, 6.07) is 5.90. The maximum Gasteiger partial charge on any atom is 0.225 e. The number of hydrogen-bond donors (Lipinski definition) is 3. The Labute approximate surface area is 240 Å². The Balaban J connectivity index is 1.50. The average molecular weight is 634 g/mol. The van der Waals surface area contributed by atoms with Crippen LogP contribution in [0.15, 0.2) is 29.0 Å². The van der Waals surface area contributed by atoms with Gasteiger partial charge in [0.25, 0.3) is 0 Å². The van der Waals surface area contributed by atoms with Crippen molar-refractivity contribution in [2.24, 2.45) is 5.41 Å². The topological polar surface area (TPSA) is 148 Å². The number of halogens is 1. The van der Waals surface area contributed by atoms with Crippen LogP contribution in [-0.2, 0) is 22.3 Å². The lowest BCUT2D eigenvalue weighted by molar-refractivity contribution is -0.129. The Hall–Kier alpha value is -2.81. The Morgan fingerprint density at radius 2 is 2.18 bits per heavy atom. The summed E-state index contributed by atoms with van der Waals surface area (Å²) in [6.07, 6.45) is 4.42. The summed E-state index contributed by atoms with van der Waals surface area (Å²) in [7, 11) is 1.67. The quantitative estimate of drug-likeness (QED) is 0.242. The summed E-state index contributed by atoms with van der Waals surface area (Å²) in [5, 5.41) is 21.1. The van der Waals surface area contributed by atoms with E-state index in [-0.39, 0.29) is 11.9 Å². The summed E-state index contributed by atoms with van der Waals surface area (Å²) in [6.45, 7) is 5.62. The van der Waals surface area contributed by atoms with Crippen LogP contribution >= 0.6 is 27.3 Å². The molecule has 3 heterocycles. The first-order valence-corrected chi connectivity index (χ1v) is 15.3. The van der Waals surface area contributed by atoms with Crippen molar-refractivity contribution in [3.8, 4) is 16.3 Å². The molecule has 14 heteroatoms. The predicted molar refractivity (Wildman–Crippen MR) is 155 cm³/mol. The highest BCUT2D eigenvalue weighted by Gasteiger charge is 2.41. The van der Waals surface area contributed by atoms with Gasteiger partial charge in [0, 0.05) is 30.3 Å². The molecule has 0 spiro atoms. The van der Waals surface area contributed by atoms with E-state index >= 15 is 0 Å². The molecule has 4 aromatic rings. The molecule has 1 aliphatic rings. The maximum atomic E-state index is 12.3. The fraction of sp³-hybridized carbons (Fsp3) is 0.440. The third-order valence-electron chi connectivity index (χ3n) is 7.17. The fourth-order valence-electron chi connectivity index (χ4n) is 5.05. The van der Waals surface area contributed by atoms with Gasteiger partial charge in [-0.2, -0.15) is 10.1 Å². The number of fused-ring (bicyclic) bond motifs is 1. The number of amides is 1. The number of benzene rings is 1. The Kier molecular flexibility index (Phi) is 7.82. The van der Waals surface area contributed by atoms with Crippen molar-refractivity contribution in [2.75, 3.05) is 12.4 Å². The molecule has 2 unspecified atom stereocenters. The second kappa shape index (κ2) is 11.0. The van der Waals surface area contributed by atoms with Crippen LogP contribution in [0.4, 0.5) is 5.95 Å². The zero-order chi connectivity index (χ0) is 27.9. The molecule has 0 bridgehead atoms. The first-order chi connectivity index (χ1) is 18.6. The summed E-state index contributed by atoms with van der Waals surface area (Å²) in [5.74, 6) is 0.514. The lowest BCUT2D eigenvalue weighted by Gasteiger charge is -2.22. The van der Waals surface area contributed by atoms with Crippen LogP contribution in [0.3, 0.4) is 0 Å². The molecule has 3 aromatic heterocycles. The zero-order valence-corrected chi connectivity index (χ0v) is 25.2. The van der Waals surface area contributed by atoms with Gasteiger partial charge in [-0.25, -0.2) is 13.9 Å². The van der Waals surface area contributed by atoms with Gasteiger partial charge >= 0.3 is 0 Å². The van der Waals surface area contributed by atoms with Crippen molar-refractivity contribution in [3.05, 3.63) is 39.6 Å². The summed E-state index contributed by atoms with van der Waals surface area (Å²) < 4.78 is 23.8. The molecule has 5 rings (SSSR count). The van der Waals surface area contributed by atoms with Gasteiger partial charge in [0.15, 0.2) is 16.7 Å². The highest BCUT2D eigenvalue weighted by Crippen LogP contribution is 2.39. The lowest BCUT2D eigenvalue weighted by Crippen LogP contribution is -2.35. The molecule has 4 atom stereocenters. The second-order valence-corrected chi connectivity index (χ2v) is 13.4. The van der Waals surface area contributed by atoms with Crippen LogP contribution in [0.25, 0.3) is 27.3 Å². The van der Waals surface area contributed by atoms with Crippen molar-refractivity contribution >= 4 is 61.2 Å². The van der Waals surface area contributed by atoms with E-state index in [2.05, 4.69) is 46.8 Å². The Bertz CT molecular complexity index is 1570. The molecule has 206 valence electrons. The van der Waals surface area contributed by atoms with Crippen molar-refractivity contribution < 1.29 is 13.6 Å². The zero-order valence-electron chi connectivity index (χ0n) is 21.9. The number of carbonyl (C=O) groups is 1. The number of aryl methyl sites for hydroxylation is 1. The molecular formula is C25H29BrN8O3S2. The largest absolute Gasteiger partial charge is 0.359 e. The van der Waals surface area contributed by atoms with Gasteiger partial charge in [-0.1, -0.05) is 18.3 Å². The van der Waals surface area contributed by atoms with Gasteiger partial charge < -0.3 is 15.2 Å². The first kappa shape index (κ1) is 27.7.